The van der Waals surface area contributed by atoms with Crippen LogP contribution in [0.4, 0.5) is 51.2 Å². The molecular formula is C83H95N3. The van der Waals surface area contributed by atoms with Crippen LogP contribution in [-0.2, 0) is 21.7 Å². The Morgan fingerprint density at radius 3 is 0.663 bits per heavy atom. The second-order valence-corrected chi connectivity index (χ2v) is 26.0. The Kier molecular flexibility index (Phi) is 18.3. The summed E-state index contributed by atoms with van der Waals surface area (Å²) >= 11 is 0. The summed E-state index contributed by atoms with van der Waals surface area (Å²) in [5.41, 5.74) is 23.0. The Bertz CT molecular complexity index is 3300. The molecule has 3 nitrogen and oxygen atoms in total. The van der Waals surface area contributed by atoms with Crippen LogP contribution < -0.4 is 14.7 Å². The van der Waals surface area contributed by atoms with Crippen molar-refractivity contribution in [3.63, 3.8) is 0 Å². The summed E-state index contributed by atoms with van der Waals surface area (Å²) in [6, 6.07) is 84.8. The van der Waals surface area contributed by atoms with E-state index in [0.29, 0.717) is 0 Å². The normalized spacial score (nSPS) is 16.2. The third kappa shape index (κ3) is 11.5. The molecule has 0 heterocycles. The monoisotopic (exact) mass is 1130 g/mol. The first-order chi connectivity index (χ1) is 41.9. The first-order valence-electron chi connectivity index (χ1n) is 33.1. The molecule has 2 aliphatic carbocycles. The van der Waals surface area contributed by atoms with Crippen LogP contribution in [0.1, 0.15) is 180 Å². The van der Waals surface area contributed by atoms with Gasteiger partial charge >= 0.3 is 0 Å². The van der Waals surface area contributed by atoms with Crippen LogP contribution in [-0.4, -0.2) is 0 Å². The molecule has 0 aromatic heterocycles. The van der Waals surface area contributed by atoms with Crippen LogP contribution in [0.15, 0.2) is 218 Å². The van der Waals surface area contributed by atoms with E-state index in [1.54, 1.807) is 0 Å². The number of anilines is 9. The number of nitrogens with zero attached hydrogens (tertiary/aromatic N) is 3. The molecule has 0 amide bonds. The molecule has 2 saturated carbocycles. The highest BCUT2D eigenvalue weighted by Gasteiger charge is 2.53. The predicted molar refractivity (Wildman–Crippen MR) is 370 cm³/mol. The highest BCUT2D eigenvalue weighted by atomic mass is 15.2. The van der Waals surface area contributed by atoms with Gasteiger partial charge in [0.2, 0.25) is 0 Å². The minimum Gasteiger partial charge on any atom is -0.311 e. The maximum absolute atomic E-state index is 2.55. The summed E-state index contributed by atoms with van der Waals surface area (Å²) in [5, 5.41) is 0. The van der Waals surface area contributed by atoms with Crippen molar-refractivity contribution in [2.45, 2.75) is 187 Å². The zero-order chi connectivity index (χ0) is 59.9. The Balaban J connectivity index is 0.951. The fourth-order valence-corrected chi connectivity index (χ4v) is 16.5. The van der Waals surface area contributed by atoms with Gasteiger partial charge in [0.15, 0.2) is 0 Å². The molecule has 0 aliphatic heterocycles. The number of hydrogen-bond acceptors (Lipinski definition) is 3. The average molecular weight is 1130 g/mol. The van der Waals surface area contributed by atoms with Crippen molar-refractivity contribution in [1.29, 1.82) is 0 Å². The lowest BCUT2D eigenvalue weighted by atomic mass is 9.49. The van der Waals surface area contributed by atoms with Gasteiger partial charge in [-0.1, -0.05) is 216 Å². The first kappa shape index (κ1) is 60.1. The smallest absolute Gasteiger partial charge is 0.0461 e. The van der Waals surface area contributed by atoms with E-state index >= 15 is 0 Å². The Hall–Kier alpha value is -7.62. The third-order valence-electron chi connectivity index (χ3n) is 21.0. The molecule has 2 unspecified atom stereocenters. The molecule has 442 valence electrons. The van der Waals surface area contributed by atoms with Crippen LogP contribution >= 0.6 is 0 Å². The topological polar surface area (TPSA) is 9.72 Å². The quantitative estimate of drug-likeness (QED) is 0.0710. The lowest BCUT2D eigenvalue weighted by Crippen LogP contribution is -2.50. The standard InChI is InChI=1S/C83H95N3/c1-10-56-80(12-3,67-30-48-76(49-31-67)84(71-38-20-62(5)21-39-71)72-40-22-63(6)23-41-72)83(60-18-15-19-61-83)70-36-54-79(55-37-70)86(75-46-28-66(9)29-47-75)77-50-32-68(33-51-77)81(13-4,57-11-2)82(58-16-14-17-59-82)69-34-52-78(53-35-69)85(73-42-24-64(7)25-43-73)74-44-26-65(8)27-45-74/h20-55H,10-19,56-61H2,1-9H3. The van der Waals surface area contributed by atoms with Crippen LogP contribution in [0.5, 0.6) is 0 Å². The van der Waals surface area contributed by atoms with Crippen molar-refractivity contribution in [1.82, 2.24) is 0 Å². The van der Waals surface area contributed by atoms with Gasteiger partial charge < -0.3 is 14.7 Å². The van der Waals surface area contributed by atoms with E-state index in [-0.39, 0.29) is 21.7 Å². The Morgan fingerprint density at radius 2 is 0.465 bits per heavy atom. The third-order valence-corrected chi connectivity index (χ3v) is 21.0. The number of hydrogen-bond donors (Lipinski definition) is 0. The van der Waals surface area contributed by atoms with Crippen molar-refractivity contribution in [2.75, 3.05) is 14.7 Å². The number of aryl methyl sites for hydroxylation is 5. The molecule has 9 aromatic rings. The molecule has 3 heteroatoms. The summed E-state index contributed by atoms with van der Waals surface area (Å²) in [5.74, 6) is 0. The van der Waals surface area contributed by atoms with Crippen LogP contribution in [0, 0.1) is 34.6 Å². The fourth-order valence-electron chi connectivity index (χ4n) is 16.5. The second-order valence-electron chi connectivity index (χ2n) is 26.0. The Morgan fingerprint density at radius 1 is 0.267 bits per heavy atom. The van der Waals surface area contributed by atoms with E-state index in [1.165, 1.54) is 165 Å². The lowest BCUT2D eigenvalue weighted by Gasteiger charge is -2.54. The molecule has 0 spiro atoms. The van der Waals surface area contributed by atoms with Gasteiger partial charge in [-0.15, -0.1) is 0 Å². The molecule has 11 rings (SSSR count). The Labute approximate surface area is 518 Å². The highest BCUT2D eigenvalue weighted by Crippen LogP contribution is 2.60. The van der Waals surface area contributed by atoms with Crippen molar-refractivity contribution in [3.8, 4) is 0 Å². The van der Waals surface area contributed by atoms with Crippen molar-refractivity contribution >= 4 is 51.2 Å². The van der Waals surface area contributed by atoms with Gasteiger partial charge in [0.25, 0.3) is 0 Å². The molecule has 2 atom stereocenters. The molecule has 2 fully saturated rings. The maximum atomic E-state index is 2.55. The van der Waals surface area contributed by atoms with Crippen molar-refractivity contribution in [2.24, 2.45) is 0 Å². The van der Waals surface area contributed by atoms with Crippen LogP contribution in [0.2, 0.25) is 0 Å². The summed E-state index contributed by atoms with van der Waals surface area (Å²) in [6.45, 7) is 20.7. The maximum Gasteiger partial charge on any atom is 0.0461 e. The minimum absolute atomic E-state index is 0.000274. The summed E-state index contributed by atoms with van der Waals surface area (Å²) in [7, 11) is 0. The van der Waals surface area contributed by atoms with Gasteiger partial charge in [0.1, 0.15) is 0 Å². The minimum atomic E-state index is -0.0351. The zero-order valence-electron chi connectivity index (χ0n) is 53.4. The van der Waals surface area contributed by atoms with Crippen molar-refractivity contribution in [3.05, 3.63) is 268 Å². The molecule has 0 radical (unpaired) electrons. The lowest BCUT2D eigenvalue weighted by molar-refractivity contribution is 0.130. The molecule has 2 aliphatic rings. The SMILES string of the molecule is CCCC(CC)(c1ccc(N(c2ccc(C)cc2)c2ccc(C3(C(CC)(CCC)c4ccc(N(c5ccc(C)cc5)c5ccc(C)cc5)cc4)CCCCC3)cc2)cc1)C1(c2ccc(N(c3ccc(C)cc3)c3ccc(C)cc3)cc2)CCCCC1. The second kappa shape index (κ2) is 26.2. The van der Waals surface area contributed by atoms with Gasteiger partial charge in [-0.2, -0.15) is 0 Å². The molecule has 0 bridgehead atoms. The molecule has 0 saturated heterocycles. The largest absolute Gasteiger partial charge is 0.311 e. The van der Waals surface area contributed by atoms with Gasteiger partial charge in [-0.3, -0.25) is 0 Å². The van der Waals surface area contributed by atoms with E-state index < -0.39 is 0 Å². The van der Waals surface area contributed by atoms with E-state index in [0.717, 1.165) is 38.5 Å². The van der Waals surface area contributed by atoms with E-state index in [1.807, 2.05) is 0 Å². The van der Waals surface area contributed by atoms with E-state index in [4.69, 9.17) is 0 Å². The first-order valence-corrected chi connectivity index (χ1v) is 33.1. The molecular weight excluding hydrogens is 1040 g/mol. The van der Waals surface area contributed by atoms with E-state index in [9.17, 15) is 0 Å². The zero-order valence-corrected chi connectivity index (χ0v) is 53.4. The summed E-state index contributed by atoms with van der Waals surface area (Å²) < 4.78 is 0. The van der Waals surface area contributed by atoms with Gasteiger partial charge in [-0.05, 0) is 217 Å². The summed E-state index contributed by atoms with van der Waals surface area (Å²) in [4.78, 5) is 7.36. The van der Waals surface area contributed by atoms with Gasteiger partial charge in [-0.25, -0.2) is 0 Å². The predicted octanol–water partition coefficient (Wildman–Crippen LogP) is 24.3. The highest BCUT2D eigenvalue weighted by molar-refractivity contribution is 5.80. The summed E-state index contributed by atoms with van der Waals surface area (Å²) in [6.07, 6.45) is 19.2. The molecule has 86 heavy (non-hydrogen) atoms. The van der Waals surface area contributed by atoms with Crippen LogP contribution in [0.3, 0.4) is 0 Å². The number of rotatable bonds is 21. The van der Waals surface area contributed by atoms with Gasteiger partial charge in [0, 0.05) is 72.8 Å². The van der Waals surface area contributed by atoms with Crippen LogP contribution in [0.25, 0.3) is 0 Å². The average Bonchev–Trinajstić information content (AvgIpc) is 0.791. The molecule has 9 aromatic carbocycles. The number of benzene rings is 9. The van der Waals surface area contributed by atoms with Gasteiger partial charge in [0.05, 0.1) is 0 Å². The molecule has 0 N–H and O–H groups in total. The fraction of sp³-hybridized carbons (Fsp3) is 0.349. The van der Waals surface area contributed by atoms with Crippen molar-refractivity contribution < 1.29 is 0 Å². The van der Waals surface area contributed by atoms with E-state index in [2.05, 4.69) is 295 Å².